The lowest BCUT2D eigenvalue weighted by Crippen LogP contribution is -2.42. The minimum atomic E-state index is -0.184. The third-order valence-corrected chi connectivity index (χ3v) is 3.88. The van der Waals surface area contributed by atoms with Gasteiger partial charge in [0.1, 0.15) is 17.7 Å². The maximum atomic E-state index is 13.1. The molecule has 1 aromatic rings. The Bertz CT molecular complexity index is 434. The molecule has 0 spiro atoms. The Kier molecular flexibility index (Phi) is 5.38. The monoisotopic (exact) mass is 280 g/mol. The zero-order valence-corrected chi connectivity index (χ0v) is 12.7. The Morgan fingerprint density at radius 1 is 1.40 bits per heavy atom. The molecule has 0 bridgehead atoms. The van der Waals surface area contributed by atoms with Crippen molar-refractivity contribution >= 4 is 0 Å². The van der Waals surface area contributed by atoms with E-state index < -0.39 is 0 Å². The lowest BCUT2D eigenvalue weighted by molar-refractivity contribution is 0.210. The maximum absolute atomic E-state index is 13.1. The quantitative estimate of drug-likeness (QED) is 0.830. The number of rotatable bonds is 7. The van der Waals surface area contributed by atoms with Gasteiger partial charge in [0.15, 0.2) is 0 Å². The third-order valence-electron chi connectivity index (χ3n) is 3.88. The highest BCUT2D eigenvalue weighted by Crippen LogP contribution is 2.28. The first-order valence-corrected chi connectivity index (χ1v) is 7.53. The minimum Gasteiger partial charge on any atom is -0.488 e. The molecule has 4 heteroatoms. The summed E-state index contributed by atoms with van der Waals surface area (Å²) in [5.74, 6) is 0.644. The van der Waals surface area contributed by atoms with Gasteiger partial charge in [0.05, 0.1) is 0 Å². The molecule has 0 radical (unpaired) electrons. The fraction of sp³-hybridized carbons (Fsp3) is 0.625. The number of nitrogens with zero attached hydrogens (tertiary/aromatic N) is 1. The van der Waals surface area contributed by atoms with Crippen LogP contribution in [0.15, 0.2) is 18.2 Å². The van der Waals surface area contributed by atoms with E-state index in [1.807, 2.05) is 0 Å². The van der Waals surface area contributed by atoms with Crippen molar-refractivity contribution in [2.75, 3.05) is 26.2 Å². The second kappa shape index (κ2) is 7.04. The molecule has 1 N–H and O–H groups in total. The van der Waals surface area contributed by atoms with Gasteiger partial charge in [-0.2, -0.15) is 0 Å². The number of ether oxygens (including phenoxy) is 1. The van der Waals surface area contributed by atoms with Gasteiger partial charge < -0.3 is 15.0 Å². The van der Waals surface area contributed by atoms with E-state index in [4.69, 9.17) is 4.74 Å². The molecule has 0 aliphatic carbocycles. The van der Waals surface area contributed by atoms with Crippen molar-refractivity contribution in [3.05, 3.63) is 29.6 Å². The number of fused-ring (bicyclic) bond motifs is 1. The van der Waals surface area contributed by atoms with Crippen LogP contribution in [-0.2, 0) is 6.42 Å². The highest BCUT2D eigenvalue weighted by Gasteiger charge is 2.23. The topological polar surface area (TPSA) is 24.5 Å². The molecule has 0 amide bonds. The Hall–Kier alpha value is -1.13. The Labute approximate surface area is 121 Å². The molecular weight excluding hydrogens is 255 g/mol. The fourth-order valence-corrected chi connectivity index (χ4v) is 2.67. The molecule has 1 aromatic carbocycles. The average molecular weight is 280 g/mol. The van der Waals surface area contributed by atoms with Gasteiger partial charge >= 0.3 is 0 Å². The second-order valence-electron chi connectivity index (χ2n) is 5.49. The van der Waals surface area contributed by atoms with Gasteiger partial charge in [0.2, 0.25) is 0 Å². The van der Waals surface area contributed by atoms with Crippen LogP contribution in [0.1, 0.15) is 26.3 Å². The predicted octanol–water partition coefficient (Wildman–Crippen LogP) is 2.45. The van der Waals surface area contributed by atoms with E-state index in [1.165, 1.54) is 6.07 Å². The number of likely N-dealkylation sites (N-methyl/N-ethyl adjacent to an activating group) is 1. The van der Waals surface area contributed by atoms with Gasteiger partial charge in [-0.15, -0.1) is 0 Å². The summed E-state index contributed by atoms with van der Waals surface area (Å²) in [5, 5.41) is 3.51. The van der Waals surface area contributed by atoms with Gasteiger partial charge in [-0.25, -0.2) is 4.39 Å². The molecule has 2 atom stereocenters. The number of benzene rings is 1. The molecule has 112 valence electrons. The molecular formula is C16H25FN2O. The molecule has 2 rings (SSSR count). The van der Waals surface area contributed by atoms with Gasteiger partial charge in [-0.3, -0.25) is 0 Å². The van der Waals surface area contributed by atoms with Crippen LogP contribution >= 0.6 is 0 Å². The number of hydrogen-bond acceptors (Lipinski definition) is 3. The Balaban J connectivity index is 1.76. The summed E-state index contributed by atoms with van der Waals surface area (Å²) in [6.07, 6.45) is 0.906. The lowest BCUT2D eigenvalue weighted by Gasteiger charge is -2.24. The van der Waals surface area contributed by atoms with Crippen LogP contribution in [0.4, 0.5) is 4.39 Å². The van der Waals surface area contributed by atoms with Crippen LogP contribution in [0, 0.1) is 5.82 Å². The Morgan fingerprint density at radius 3 is 2.85 bits per heavy atom. The van der Waals surface area contributed by atoms with Gasteiger partial charge in [-0.1, -0.05) is 13.8 Å². The van der Waals surface area contributed by atoms with E-state index in [1.54, 1.807) is 12.1 Å². The molecule has 0 saturated heterocycles. The number of halogens is 1. The van der Waals surface area contributed by atoms with Gasteiger partial charge in [0, 0.05) is 31.1 Å². The minimum absolute atomic E-state index is 0.117. The molecule has 1 aliphatic heterocycles. The molecule has 1 aliphatic rings. The highest BCUT2D eigenvalue weighted by atomic mass is 19.1. The Morgan fingerprint density at radius 2 is 2.15 bits per heavy atom. The van der Waals surface area contributed by atoms with Crippen LogP contribution in [0.5, 0.6) is 5.75 Å². The van der Waals surface area contributed by atoms with Crippen LogP contribution < -0.4 is 10.1 Å². The van der Waals surface area contributed by atoms with Crippen molar-refractivity contribution in [1.29, 1.82) is 0 Å². The lowest BCUT2D eigenvalue weighted by atomic mass is 10.1. The zero-order chi connectivity index (χ0) is 14.5. The van der Waals surface area contributed by atoms with E-state index in [-0.39, 0.29) is 11.9 Å². The van der Waals surface area contributed by atoms with Crippen molar-refractivity contribution in [2.24, 2.45) is 0 Å². The summed E-state index contributed by atoms with van der Waals surface area (Å²) in [6.45, 7) is 10.6. The predicted molar refractivity (Wildman–Crippen MR) is 79.8 cm³/mol. The molecule has 3 nitrogen and oxygen atoms in total. The van der Waals surface area contributed by atoms with Crippen LogP contribution in [0.25, 0.3) is 0 Å². The molecule has 0 saturated carbocycles. The first-order valence-electron chi connectivity index (χ1n) is 7.53. The summed E-state index contributed by atoms with van der Waals surface area (Å²) in [5.41, 5.74) is 0.980. The van der Waals surface area contributed by atoms with Crippen LogP contribution in [-0.4, -0.2) is 43.2 Å². The SMILES string of the molecule is CCN(CC)CC(C)NCC1Cc2cc(F)ccc2O1. The van der Waals surface area contributed by atoms with E-state index in [0.29, 0.717) is 6.04 Å². The zero-order valence-electron chi connectivity index (χ0n) is 12.7. The van der Waals surface area contributed by atoms with E-state index >= 15 is 0 Å². The molecule has 0 aromatic heterocycles. The summed E-state index contributed by atoms with van der Waals surface area (Å²) < 4.78 is 19.0. The summed E-state index contributed by atoms with van der Waals surface area (Å²) >= 11 is 0. The summed E-state index contributed by atoms with van der Waals surface area (Å²) in [4.78, 5) is 2.40. The third kappa shape index (κ3) is 3.93. The largest absolute Gasteiger partial charge is 0.488 e. The first kappa shape index (κ1) is 15.3. The average Bonchev–Trinajstić information content (AvgIpc) is 2.84. The molecule has 20 heavy (non-hydrogen) atoms. The van der Waals surface area contributed by atoms with Crippen molar-refractivity contribution in [3.8, 4) is 5.75 Å². The summed E-state index contributed by atoms with van der Waals surface area (Å²) in [7, 11) is 0. The number of nitrogens with one attached hydrogen (secondary N) is 1. The van der Waals surface area contributed by atoms with Crippen molar-refractivity contribution < 1.29 is 9.13 Å². The van der Waals surface area contributed by atoms with Crippen LogP contribution in [0.3, 0.4) is 0 Å². The van der Waals surface area contributed by atoms with Gasteiger partial charge in [0.25, 0.3) is 0 Å². The van der Waals surface area contributed by atoms with Crippen molar-refractivity contribution in [3.63, 3.8) is 0 Å². The van der Waals surface area contributed by atoms with E-state index in [0.717, 1.165) is 43.9 Å². The molecule has 2 unspecified atom stereocenters. The smallest absolute Gasteiger partial charge is 0.123 e. The molecule has 0 fully saturated rings. The molecule has 1 heterocycles. The van der Waals surface area contributed by atoms with E-state index in [2.05, 4.69) is 31.0 Å². The second-order valence-corrected chi connectivity index (χ2v) is 5.49. The van der Waals surface area contributed by atoms with Crippen molar-refractivity contribution in [1.82, 2.24) is 10.2 Å². The summed E-state index contributed by atoms with van der Waals surface area (Å²) in [6, 6.07) is 5.19. The highest BCUT2D eigenvalue weighted by molar-refractivity contribution is 5.37. The van der Waals surface area contributed by atoms with Crippen molar-refractivity contribution in [2.45, 2.75) is 39.3 Å². The van der Waals surface area contributed by atoms with Crippen LogP contribution in [0.2, 0.25) is 0 Å². The van der Waals surface area contributed by atoms with Gasteiger partial charge in [-0.05, 0) is 38.2 Å². The standard InChI is InChI=1S/C16H25FN2O/c1-4-19(5-2)11-12(3)18-10-15-9-13-8-14(17)6-7-16(13)20-15/h6-8,12,15,18H,4-5,9-11H2,1-3H3. The number of hydrogen-bond donors (Lipinski definition) is 1. The van der Waals surface area contributed by atoms with E-state index in [9.17, 15) is 4.39 Å². The first-order chi connectivity index (χ1) is 9.62. The maximum Gasteiger partial charge on any atom is 0.123 e. The fourth-order valence-electron chi connectivity index (χ4n) is 2.67. The normalized spacial score (nSPS) is 18.9.